The van der Waals surface area contributed by atoms with E-state index in [1.165, 1.54) is 6.92 Å². The van der Waals surface area contributed by atoms with Crippen LogP contribution < -0.4 is 5.32 Å². The Kier molecular flexibility index (Phi) is 2.42. The van der Waals surface area contributed by atoms with Crippen LogP contribution >= 0.6 is 7.14 Å². The molecule has 1 N–H and O–H groups in total. The van der Waals surface area contributed by atoms with Gasteiger partial charge >= 0.3 is 0 Å². The minimum absolute atomic E-state index is 0.117. The third-order valence-electron chi connectivity index (χ3n) is 2.62. The molecule has 13 heavy (non-hydrogen) atoms. The molecule has 0 aromatic rings. The average molecular weight is 201 g/mol. The van der Waals surface area contributed by atoms with Gasteiger partial charge in [0.05, 0.1) is 5.28 Å². The van der Waals surface area contributed by atoms with Gasteiger partial charge in [-0.15, -0.1) is 6.58 Å². The quantitative estimate of drug-likeness (QED) is 0.557. The summed E-state index contributed by atoms with van der Waals surface area (Å²) in [5, 5.41) is 2.31. The summed E-state index contributed by atoms with van der Waals surface area (Å²) in [6.07, 6.45) is 2.54. The van der Waals surface area contributed by atoms with Crippen molar-refractivity contribution in [3.8, 4) is 0 Å². The number of carbonyl (C=O) groups excluding carboxylic acids is 1. The number of hydrogen-bond donors (Lipinski definition) is 1. The highest BCUT2D eigenvalue weighted by molar-refractivity contribution is 7.64. The Morgan fingerprint density at radius 2 is 2.23 bits per heavy atom. The summed E-state index contributed by atoms with van der Waals surface area (Å²) in [6, 6.07) is 0. The second kappa shape index (κ2) is 2.98. The van der Waals surface area contributed by atoms with E-state index >= 15 is 0 Å². The molecular weight excluding hydrogens is 185 g/mol. The molecule has 2 atom stereocenters. The van der Waals surface area contributed by atoms with Crippen LogP contribution in [0.5, 0.6) is 0 Å². The van der Waals surface area contributed by atoms with E-state index in [-0.39, 0.29) is 11.8 Å². The standard InChI is InChI=1S/C9H16NO2P/c1-5-8-6-9(8,10-7(2)11)13(3,4)12/h5,8H,1,6H2,2-4H3,(H,10,11)/t8-,9-/m0/s1. The molecule has 0 unspecified atom stereocenters. The molecule has 0 heterocycles. The molecule has 1 amide bonds. The van der Waals surface area contributed by atoms with Crippen LogP contribution in [0.4, 0.5) is 0 Å². The predicted octanol–water partition coefficient (Wildman–Crippen LogP) is 1.65. The molecule has 0 aromatic carbocycles. The molecule has 1 aliphatic rings. The maximum atomic E-state index is 11.9. The van der Waals surface area contributed by atoms with E-state index in [0.717, 1.165) is 6.42 Å². The first-order chi connectivity index (χ1) is 5.83. The Morgan fingerprint density at radius 1 is 1.69 bits per heavy atom. The van der Waals surface area contributed by atoms with Gasteiger partial charge in [0.2, 0.25) is 5.91 Å². The molecule has 74 valence electrons. The second-order valence-electron chi connectivity index (χ2n) is 4.00. The van der Waals surface area contributed by atoms with E-state index in [1.807, 2.05) is 0 Å². The summed E-state index contributed by atoms with van der Waals surface area (Å²) in [7, 11) is -2.29. The Balaban J connectivity index is 2.87. The zero-order valence-electron chi connectivity index (χ0n) is 8.33. The molecule has 0 spiro atoms. The van der Waals surface area contributed by atoms with Crippen molar-refractivity contribution in [2.24, 2.45) is 5.92 Å². The van der Waals surface area contributed by atoms with Gasteiger partial charge in [-0.2, -0.15) is 0 Å². The molecule has 0 radical (unpaired) electrons. The van der Waals surface area contributed by atoms with E-state index < -0.39 is 12.4 Å². The van der Waals surface area contributed by atoms with Crippen molar-refractivity contribution >= 4 is 13.0 Å². The fraction of sp³-hybridized carbons (Fsp3) is 0.667. The molecule has 0 saturated heterocycles. The monoisotopic (exact) mass is 201 g/mol. The van der Waals surface area contributed by atoms with Crippen LogP contribution in [0.15, 0.2) is 12.7 Å². The van der Waals surface area contributed by atoms with Gasteiger partial charge in [0.15, 0.2) is 0 Å². The number of hydrogen-bond acceptors (Lipinski definition) is 2. The predicted molar refractivity (Wildman–Crippen MR) is 54.3 cm³/mol. The van der Waals surface area contributed by atoms with Gasteiger partial charge in [0.25, 0.3) is 0 Å². The second-order valence-corrected chi connectivity index (χ2v) is 7.50. The lowest BCUT2D eigenvalue weighted by Crippen LogP contribution is -2.36. The summed E-state index contributed by atoms with van der Waals surface area (Å²) in [4.78, 5) is 10.9. The number of amides is 1. The van der Waals surface area contributed by atoms with Crippen molar-refractivity contribution in [1.29, 1.82) is 0 Å². The lowest BCUT2D eigenvalue weighted by molar-refractivity contribution is -0.119. The van der Waals surface area contributed by atoms with Crippen molar-refractivity contribution in [2.45, 2.75) is 18.6 Å². The molecule has 0 bridgehead atoms. The van der Waals surface area contributed by atoms with Crippen LogP contribution in [-0.4, -0.2) is 24.5 Å². The third kappa shape index (κ3) is 1.71. The van der Waals surface area contributed by atoms with Crippen LogP contribution in [0, 0.1) is 5.92 Å². The Morgan fingerprint density at radius 3 is 2.46 bits per heavy atom. The zero-order chi connectivity index (χ0) is 10.3. The highest BCUT2D eigenvalue weighted by atomic mass is 31.2. The van der Waals surface area contributed by atoms with Crippen molar-refractivity contribution < 1.29 is 9.36 Å². The molecular formula is C9H16NO2P. The van der Waals surface area contributed by atoms with Crippen LogP contribution in [0.3, 0.4) is 0 Å². The van der Waals surface area contributed by atoms with Crippen LogP contribution in [0.1, 0.15) is 13.3 Å². The Labute approximate surface area is 79.0 Å². The molecule has 1 aliphatic carbocycles. The molecule has 1 fully saturated rings. The highest BCUT2D eigenvalue weighted by Gasteiger charge is 2.60. The van der Waals surface area contributed by atoms with Crippen molar-refractivity contribution in [1.82, 2.24) is 5.32 Å². The fourth-order valence-electron chi connectivity index (χ4n) is 1.76. The number of carbonyl (C=O) groups is 1. The van der Waals surface area contributed by atoms with Gasteiger partial charge in [-0.25, -0.2) is 0 Å². The SMILES string of the molecule is C=C[C@H]1C[C@]1(NC(C)=O)P(C)(C)=O. The first-order valence-corrected chi connectivity index (χ1v) is 6.90. The van der Waals surface area contributed by atoms with Crippen LogP contribution in [-0.2, 0) is 9.36 Å². The van der Waals surface area contributed by atoms with Gasteiger partial charge in [0, 0.05) is 12.8 Å². The topological polar surface area (TPSA) is 46.2 Å². The summed E-state index contributed by atoms with van der Waals surface area (Å²) in [5.74, 6) is 0.0607. The van der Waals surface area contributed by atoms with Gasteiger partial charge < -0.3 is 9.88 Å². The largest absolute Gasteiger partial charge is 0.343 e. The minimum atomic E-state index is -2.29. The van der Waals surface area contributed by atoms with Crippen molar-refractivity contribution in [3.05, 3.63) is 12.7 Å². The van der Waals surface area contributed by atoms with E-state index in [4.69, 9.17) is 0 Å². The minimum Gasteiger partial charge on any atom is -0.343 e. The third-order valence-corrected chi connectivity index (χ3v) is 5.17. The first-order valence-electron chi connectivity index (χ1n) is 4.30. The lowest BCUT2D eigenvalue weighted by atomic mass is 10.4. The van der Waals surface area contributed by atoms with Gasteiger partial charge in [-0.3, -0.25) is 4.79 Å². The fourth-order valence-corrected chi connectivity index (χ4v) is 3.72. The van der Waals surface area contributed by atoms with E-state index in [1.54, 1.807) is 19.4 Å². The molecule has 0 aromatic heterocycles. The molecule has 0 aliphatic heterocycles. The Bertz CT molecular complexity index is 294. The van der Waals surface area contributed by atoms with Gasteiger partial charge in [-0.1, -0.05) is 6.08 Å². The molecule has 3 nitrogen and oxygen atoms in total. The lowest BCUT2D eigenvalue weighted by Gasteiger charge is -2.22. The van der Waals surface area contributed by atoms with Crippen molar-refractivity contribution in [3.63, 3.8) is 0 Å². The first kappa shape index (κ1) is 10.5. The summed E-state index contributed by atoms with van der Waals surface area (Å²) >= 11 is 0. The van der Waals surface area contributed by atoms with Crippen molar-refractivity contribution in [2.75, 3.05) is 13.3 Å². The van der Waals surface area contributed by atoms with E-state index in [2.05, 4.69) is 11.9 Å². The zero-order valence-corrected chi connectivity index (χ0v) is 9.23. The number of nitrogens with one attached hydrogen (secondary N) is 1. The molecule has 4 heteroatoms. The van der Waals surface area contributed by atoms with Gasteiger partial charge in [0.1, 0.15) is 7.14 Å². The van der Waals surface area contributed by atoms with E-state index in [9.17, 15) is 9.36 Å². The normalized spacial score (nSPS) is 32.4. The summed E-state index contributed by atoms with van der Waals surface area (Å²) < 4.78 is 11.9. The van der Waals surface area contributed by atoms with Crippen LogP contribution in [0.2, 0.25) is 0 Å². The average Bonchev–Trinajstić information content (AvgIpc) is 2.61. The van der Waals surface area contributed by atoms with Crippen LogP contribution in [0.25, 0.3) is 0 Å². The maximum Gasteiger partial charge on any atom is 0.217 e. The molecule has 1 rings (SSSR count). The highest BCUT2D eigenvalue weighted by Crippen LogP contribution is 2.67. The Hall–Kier alpha value is -0.560. The molecule has 1 saturated carbocycles. The summed E-state index contributed by atoms with van der Waals surface area (Å²) in [5.41, 5.74) is 0. The summed E-state index contributed by atoms with van der Waals surface area (Å²) in [6.45, 7) is 8.55. The number of rotatable bonds is 3. The van der Waals surface area contributed by atoms with E-state index in [0.29, 0.717) is 0 Å². The maximum absolute atomic E-state index is 11.9. The van der Waals surface area contributed by atoms with Gasteiger partial charge in [-0.05, 0) is 19.8 Å². The smallest absolute Gasteiger partial charge is 0.217 e.